The number of ketones is 1. The first kappa shape index (κ1) is 7.98. The maximum atomic E-state index is 11.2. The van der Waals surface area contributed by atoms with Gasteiger partial charge in [0.05, 0.1) is 5.56 Å². The van der Waals surface area contributed by atoms with Crippen molar-refractivity contribution in [2.24, 2.45) is 0 Å². The Labute approximate surface area is 75.3 Å². The summed E-state index contributed by atoms with van der Waals surface area (Å²) in [7, 11) is 0. The lowest BCUT2D eigenvalue weighted by atomic mass is 10.1. The number of carbonyl (C=O) groups is 2. The van der Waals surface area contributed by atoms with Crippen molar-refractivity contribution in [1.82, 2.24) is 0 Å². The summed E-state index contributed by atoms with van der Waals surface area (Å²) < 4.78 is 4.73. The van der Waals surface area contributed by atoms with E-state index < -0.39 is 11.8 Å². The van der Waals surface area contributed by atoms with Crippen molar-refractivity contribution >= 4 is 11.8 Å². The first-order valence-electron chi connectivity index (χ1n) is 4.12. The van der Waals surface area contributed by atoms with Gasteiger partial charge in [-0.05, 0) is 24.1 Å². The fraction of sp³-hybridized carbons (Fsp3) is 0.200. The van der Waals surface area contributed by atoms with Gasteiger partial charge in [0.25, 0.3) is 5.78 Å². The molecule has 0 radical (unpaired) electrons. The number of esters is 1. The van der Waals surface area contributed by atoms with Crippen LogP contribution in [-0.4, -0.2) is 11.8 Å². The van der Waals surface area contributed by atoms with Gasteiger partial charge in [-0.1, -0.05) is 13.0 Å². The van der Waals surface area contributed by atoms with Gasteiger partial charge in [-0.15, -0.1) is 0 Å². The summed E-state index contributed by atoms with van der Waals surface area (Å²) in [6.45, 7) is 1.99. The third-order valence-corrected chi connectivity index (χ3v) is 2.08. The van der Waals surface area contributed by atoms with Gasteiger partial charge in [-0.25, -0.2) is 4.79 Å². The number of aryl methyl sites for hydroxylation is 1. The van der Waals surface area contributed by atoms with Gasteiger partial charge in [0.2, 0.25) is 0 Å². The highest BCUT2D eigenvalue weighted by atomic mass is 16.5. The van der Waals surface area contributed by atoms with Gasteiger partial charge in [0, 0.05) is 0 Å². The van der Waals surface area contributed by atoms with E-state index in [-0.39, 0.29) is 0 Å². The third-order valence-electron chi connectivity index (χ3n) is 2.08. The molecule has 1 aromatic carbocycles. The zero-order valence-electron chi connectivity index (χ0n) is 7.16. The van der Waals surface area contributed by atoms with Crippen LogP contribution in [0.15, 0.2) is 18.2 Å². The molecule has 1 aromatic rings. The molecule has 0 saturated heterocycles. The molecular weight excluding hydrogens is 168 g/mol. The van der Waals surface area contributed by atoms with E-state index >= 15 is 0 Å². The van der Waals surface area contributed by atoms with Gasteiger partial charge in [0.1, 0.15) is 5.75 Å². The van der Waals surface area contributed by atoms with E-state index in [0.717, 1.165) is 12.0 Å². The monoisotopic (exact) mass is 176 g/mol. The number of Topliss-reactive ketones (excluding diaryl/α,β-unsaturated/α-hetero) is 1. The number of hydrogen-bond acceptors (Lipinski definition) is 3. The molecule has 3 heteroatoms. The Balaban J connectivity index is 2.54. The van der Waals surface area contributed by atoms with E-state index in [1.807, 2.05) is 13.0 Å². The minimum Gasteiger partial charge on any atom is -0.420 e. The number of ether oxygens (including phenoxy) is 1. The molecule has 0 amide bonds. The highest BCUT2D eigenvalue weighted by Crippen LogP contribution is 2.26. The molecule has 0 spiro atoms. The molecule has 0 aromatic heterocycles. The van der Waals surface area contributed by atoms with Crippen molar-refractivity contribution in [2.45, 2.75) is 13.3 Å². The molecule has 1 heterocycles. The van der Waals surface area contributed by atoms with Crippen LogP contribution in [0.4, 0.5) is 0 Å². The van der Waals surface area contributed by atoms with E-state index in [4.69, 9.17) is 4.74 Å². The Morgan fingerprint density at radius 2 is 2.08 bits per heavy atom. The maximum Gasteiger partial charge on any atom is 0.385 e. The average Bonchev–Trinajstić information content (AvgIpc) is 2.43. The Morgan fingerprint density at radius 3 is 2.77 bits per heavy atom. The second kappa shape index (κ2) is 2.69. The highest BCUT2D eigenvalue weighted by Gasteiger charge is 2.30. The van der Waals surface area contributed by atoms with Crippen molar-refractivity contribution in [1.29, 1.82) is 0 Å². The summed E-state index contributed by atoms with van der Waals surface area (Å²) in [6.07, 6.45) is 0.842. The Morgan fingerprint density at radius 1 is 1.31 bits per heavy atom. The standard InChI is InChI=1S/C10H8O3/c1-2-6-3-4-8-7(5-6)9(11)10(12)13-8/h3-5H,2H2,1H3. The molecule has 1 aliphatic heterocycles. The summed E-state index contributed by atoms with van der Waals surface area (Å²) in [4.78, 5) is 22.0. The van der Waals surface area contributed by atoms with Crippen molar-refractivity contribution < 1.29 is 14.3 Å². The van der Waals surface area contributed by atoms with Gasteiger partial charge in [-0.3, -0.25) is 4.79 Å². The van der Waals surface area contributed by atoms with Gasteiger partial charge in [-0.2, -0.15) is 0 Å². The largest absolute Gasteiger partial charge is 0.420 e. The van der Waals surface area contributed by atoms with E-state index in [0.29, 0.717) is 11.3 Å². The molecule has 0 N–H and O–H groups in total. The minimum absolute atomic E-state index is 0.382. The number of rotatable bonds is 1. The molecule has 0 atom stereocenters. The Kier molecular flexibility index (Phi) is 1.65. The molecule has 0 fully saturated rings. The van der Waals surface area contributed by atoms with Crippen LogP contribution < -0.4 is 4.74 Å². The van der Waals surface area contributed by atoms with Gasteiger partial charge < -0.3 is 4.74 Å². The van der Waals surface area contributed by atoms with Gasteiger partial charge in [0.15, 0.2) is 0 Å². The summed E-state index contributed by atoms with van der Waals surface area (Å²) in [5.41, 5.74) is 1.43. The Hall–Kier alpha value is -1.64. The second-order valence-electron chi connectivity index (χ2n) is 2.90. The number of carbonyl (C=O) groups excluding carboxylic acids is 2. The predicted molar refractivity (Wildman–Crippen MR) is 45.8 cm³/mol. The van der Waals surface area contributed by atoms with Crippen LogP contribution in [0.1, 0.15) is 22.8 Å². The number of fused-ring (bicyclic) bond motifs is 1. The van der Waals surface area contributed by atoms with Crippen molar-refractivity contribution in [3.8, 4) is 5.75 Å². The normalized spacial score (nSPS) is 14.2. The van der Waals surface area contributed by atoms with E-state index in [1.54, 1.807) is 12.1 Å². The Bertz CT molecular complexity index is 393. The number of hydrogen-bond donors (Lipinski definition) is 0. The maximum absolute atomic E-state index is 11.2. The zero-order chi connectivity index (χ0) is 9.42. The first-order valence-corrected chi connectivity index (χ1v) is 4.12. The topological polar surface area (TPSA) is 43.4 Å². The van der Waals surface area contributed by atoms with Crippen LogP contribution in [0.5, 0.6) is 5.75 Å². The summed E-state index contributed by atoms with van der Waals surface area (Å²) >= 11 is 0. The van der Waals surface area contributed by atoms with Crippen LogP contribution in [0.3, 0.4) is 0 Å². The van der Waals surface area contributed by atoms with Gasteiger partial charge >= 0.3 is 5.97 Å². The zero-order valence-corrected chi connectivity index (χ0v) is 7.16. The molecule has 3 nitrogen and oxygen atoms in total. The lowest BCUT2D eigenvalue weighted by molar-refractivity contribution is -0.128. The molecule has 13 heavy (non-hydrogen) atoms. The lowest BCUT2D eigenvalue weighted by Gasteiger charge is -1.97. The summed E-state index contributed by atoms with van der Waals surface area (Å²) in [6, 6.07) is 5.23. The minimum atomic E-state index is -0.775. The van der Waals surface area contributed by atoms with Crippen LogP contribution in [0, 0.1) is 0 Å². The fourth-order valence-corrected chi connectivity index (χ4v) is 1.32. The lowest BCUT2D eigenvalue weighted by Crippen LogP contribution is -2.10. The molecule has 0 bridgehead atoms. The van der Waals surface area contributed by atoms with Crippen LogP contribution in [-0.2, 0) is 11.2 Å². The van der Waals surface area contributed by atoms with Crippen LogP contribution >= 0.6 is 0 Å². The van der Waals surface area contributed by atoms with E-state index in [2.05, 4.69) is 0 Å². The van der Waals surface area contributed by atoms with Crippen molar-refractivity contribution in [3.63, 3.8) is 0 Å². The molecule has 0 saturated carbocycles. The molecular formula is C10H8O3. The van der Waals surface area contributed by atoms with E-state index in [1.165, 1.54) is 0 Å². The molecule has 2 rings (SSSR count). The smallest absolute Gasteiger partial charge is 0.385 e. The third kappa shape index (κ3) is 1.13. The molecule has 66 valence electrons. The fourth-order valence-electron chi connectivity index (χ4n) is 1.32. The van der Waals surface area contributed by atoms with Crippen molar-refractivity contribution in [3.05, 3.63) is 29.3 Å². The summed E-state index contributed by atoms with van der Waals surface area (Å²) in [5, 5.41) is 0. The molecule has 0 unspecified atom stereocenters. The predicted octanol–water partition coefficient (Wildman–Crippen LogP) is 1.35. The highest BCUT2D eigenvalue weighted by molar-refractivity contribution is 6.44. The first-order chi connectivity index (χ1) is 6.22. The SMILES string of the molecule is CCc1ccc2c(c1)C(=O)C(=O)O2. The molecule has 0 aliphatic carbocycles. The van der Waals surface area contributed by atoms with E-state index in [9.17, 15) is 9.59 Å². The second-order valence-corrected chi connectivity index (χ2v) is 2.90. The average molecular weight is 176 g/mol. The molecule has 1 aliphatic rings. The van der Waals surface area contributed by atoms with Crippen molar-refractivity contribution in [2.75, 3.05) is 0 Å². The quantitative estimate of drug-likeness (QED) is 0.368. The number of benzene rings is 1. The van der Waals surface area contributed by atoms with Crippen LogP contribution in [0.25, 0.3) is 0 Å². The van der Waals surface area contributed by atoms with Crippen LogP contribution in [0.2, 0.25) is 0 Å². The summed E-state index contributed by atoms with van der Waals surface area (Å²) in [5.74, 6) is -0.930.